The van der Waals surface area contributed by atoms with Gasteiger partial charge in [0.1, 0.15) is 11.6 Å². The highest BCUT2D eigenvalue weighted by molar-refractivity contribution is 5.68. The van der Waals surface area contributed by atoms with Gasteiger partial charge in [0.05, 0.1) is 11.9 Å². The normalized spacial score (nSPS) is 11.5. The van der Waals surface area contributed by atoms with Crippen LogP contribution in [0.1, 0.15) is 32.2 Å². The van der Waals surface area contributed by atoms with Crippen molar-refractivity contribution in [3.63, 3.8) is 0 Å². The minimum atomic E-state index is -0.379. The van der Waals surface area contributed by atoms with Crippen LogP contribution in [0.4, 0.5) is 10.2 Å². The van der Waals surface area contributed by atoms with E-state index in [9.17, 15) is 4.39 Å². The van der Waals surface area contributed by atoms with Crippen molar-refractivity contribution in [2.45, 2.75) is 33.1 Å². The van der Waals surface area contributed by atoms with Crippen LogP contribution in [-0.2, 0) is 5.41 Å². The minimum absolute atomic E-state index is 0.211. The Bertz CT molecular complexity index is 632. The number of hydrogen-bond donors (Lipinski definition) is 1. The predicted molar refractivity (Wildman–Crippen MR) is 78.2 cm³/mol. The molecule has 20 heavy (non-hydrogen) atoms. The zero-order chi connectivity index (χ0) is 14.9. The minimum Gasteiger partial charge on any atom is -0.373 e. The molecule has 1 N–H and O–H groups in total. The third-order valence-electron chi connectivity index (χ3n) is 3.08. The molecule has 0 aliphatic carbocycles. The van der Waals surface area contributed by atoms with Crippen molar-refractivity contribution < 1.29 is 4.39 Å². The lowest BCUT2D eigenvalue weighted by Crippen LogP contribution is -2.18. The average Bonchev–Trinajstić information content (AvgIpc) is 2.38. The lowest BCUT2D eigenvalue weighted by molar-refractivity contribution is 0.545. The molecule has 0 saturated heterocycles. The predicted octanol–water partition coefficient (Wildman–Crippen LogP) is 3.33. The van der Waals surface area contributed by atoms with Crippen LogP contribution in [-0.4, -0.2) is 22.0 Å². The van der Waals surface area contributed by atoms with Crippen molar-refractivity contribution in [3.05, 3.63) is 35.7 Å². The highest BCUT2D eigenvalue weighted by Crippen LogP contribution is 2.30. The molecular formula is C15H19FN4. The molecule has 2 heterocycles. The van der Waals surface area contributed by atoms with Crippen LogP contribution in [0.2, 0.25) is 0 Å². The molecule has 2 rings (SSSR count). The molecule has 5 heteroatoms. The third-order valence-corrected chi connectivity index (χ3v) is 3.08. The van der Waals surface area contributed by atoms with E-state index in [1.165, 1.54) is 6.20 Å². The van der Waals surface area contributed by atoms with Crippen LogP contribution < -0.4 is 5.32 Å². The van der Waals surface area contributed by atoms with Gasteiger partial charge in [-0.05, 0) is 13.0 Å². The quantitative estimate of drug-likeness (QED) is 0.912. The molecule has 0 saturated carbocycles. The maximum atomic E-state index is 14.0. The molecular weight excluding hydrogens is 255 g/mol. The molecule has 4 nitrogen and oxygen atoms in total. The summed E-state index contributed by atoms with van der Waals surface area (Å²) in [6, 6.07) is 1.64. The Hall–Kier alpha value is -2.04. The highest BCUT2D eigenvalue weighted by Gasteiger charge is 2.22. The summed E-state index contributed by atoms with van der Waals surface area (Å²) < 4.78 is 14.0. The van der Waals surface area contributed by atoms with Gasteiger partial charge in [0, 0.05) is 29.8 Å². The molecule has 0 radical (unpaired) electrons. The number of rotatable bonds is 2. The smallest absolute Gasteiger partial charge is 0.150 e. The van der Waals surface area contributed by atoms with Gasteiger partial charge < -0.3 is 5.32 Å². The first-order chi connectivity index (χ1) is 9.34. The van der Waals surface area contributed by atoms with E-state index in [1.807, 2.05) is 27.7 Å². The van der Waals surface area contributed by atoms with Crippen LogP contribution >= 0.6 is 0 Å². The van der Waals surface area contributed by atoms with Crippen molar-refractivity contribution in [1.29, 1.82) is 0 Å². The van der Waals surface area contributed by atoms with Gasteiger partial charge in [0.25, 0.3) is 0 Å². The van der Waals surface area contributed by atoms with E-state index in [1.54, 1.807) is 19.3 Å². The third kappa shape index (κ3) is 2.61. The number of nitrogens with one attached hydrogen (secondary N) is 1. The summed E-state index contributed by atoms with van der Waals surface area (Å²) in [5.41, 5.74) is 1.67. The number of hydrogen-bond acceptors (Lipinski definition) is 4. The second-order valence-electron chi connectivity index (χ2n) is 5.72. The fraction of sp³-hybridized carbons (Fsp3) is 0.400. The summed E-state index contributed by atoms with van der Waals surface area (Å²) in [7, 11) is 1.80. The summed E-state index contributed by atoms with van der Waals surface area (Å²) in [5.74, 6) is 1.02. The Balaban J connectivity index is 2.72. The SMILES string of the molecule is CNc1nc(C(C)(C)C)nc(-c2ccncc2F)c1C. The Labute approximate surface area is 118 Å². The molecule has 0 bridgehead atoms. The first kappa shape index (κ1) is 14.4. The number of aromatic nitrogens is 3. The van der Waals surface area contributed by atoms with E-state index in [0.717, 1.165) is 11.4 Å². The Kier molecular flexibility index (Phi) is 3.70. The number of anilines is 1. The number of halogens is 1. The van der Waals surface area contributed by atoms with Gasteiger partial charge >= 0.3 is 0 Å². The molecule has 0 aromatic carbocycles. The van der Waals surface area contributed by atoms with Crippen LogP contribution in [0.3, 0.4) is 0 Å². The van der Waals surface area contributed by atoms with E-state index in [4.69, 9.17) is 0 Å². The fourth-order valence-corrected chi connectivity index (χ4v) is 1.92. The van der Waals surface area contributed by atoms with Crippen molar-refractivity contribution in [3.8, 4) is 11.3 Å². The molecule has 106 valence electrons. The van der Waals surface area contributed by atoms with Gasteiger partial charge in [-0.2, -0.15) is 0 Å². The van der Waals surface area contributed by atoms with Crippen molar-refractivity contribution in [2.75, 3.05) is 12.4 Å². The summed E-state index contributed by atoms with van der Waals surface area (Å²) in [6.45, 7) is 7.98. The number of nitrogens with zero attached hydrogens (tertiary/aromatic N) is 3. The van der Waals surface area contributed by atoms with Gasteiger partial charge in [-0.15, -0.1) is 0 Å². The molecule has 2 aromatic heterocycles. The van der Waals surface area contributed by atoms with Crippen molar-refractivity contribution >= 4 is 5.82 Å². The van der Waals surface area contributed by atoms with Crippen LogP contribution in [0, 0.1) is 12.7 Å². The van der Waals surface area contributed by atoms with E-state index >= 15 is 0 Å². The zero-order valence-corrected chi connectivity index (χ0v) is 12.5. The van der Waals surface area contributed by atoms with Crippen molar-refractivity contribution in [1.82, 2.24) is 15.0 Å². The molecule has 0 aliphatic heterocycles. The van der Waals surface area contributed by atoms with Gasteiger partial charge in [-0.25, -0.2) is 14.4 Å². The van der Waals surface area contributed by atoms with Crippen LogP contribution in [0.5, 0.6) is 0 Å². The van der Waals surface area contributed by atoms with Crippen molar-refractivity contribution in [2.24, 2.45) is 0 Å². The molecule has 2 aromatic rings. The summed E-state index contributed by atoms with van der Waals surface area (Å²) in [6.07, 6.45) is 2.77. The highest BCUT2D eigenvalue weighted by atomic mass is 19.1. The summed E-state index contributed by atoms with van der Waals surface area (Å²) in [4.78, 5) is 12.9. The molecule has 0 aliphatic rings. The lowest BCUT2D eigenvalue weighted by atomic mass is 9.95. The Morgan fingerprint density at radius 1 is 1.20 bits per heavy atom. The fourth-order valence-electron chi connectivity index (χ4n) is 1.92. The molecule has 0 unspecified atom stereocenters. The Morgan fingerprint density at radius 3 is 2.45 bits per heavy atom. The summed E-state index contributed by atoms with van der Waals surface area (Å²) in [5, 5.41) is 3.05. The molecule has 0 amide bonds. The Morgan fingerprint density at radius 2 is 1.90 bits per heavy atom. The van der Waals surface area contributed by atoms with Crippen LogP contribution in [0.15, 0.2) is 18.5 Å². The zero-order valence-electron chi connectivity index (χ0n) is 12.5. The van der Waals surface area contributed by atoms with E-state index < -0.39 is 0 Å². The standard InChI is InChI=1S/C15H19FN4/c1-9-12(10-6-7-18-8-11(10)16)19-14(15(2,3)4)20-13(9)17-5/h6-8H,1-5H3,(H,17,19,20). The molecule has 0 atom stereocenters. The van der Waals surface area contributed by atoms with E-state index in [0.29, 0.717) is 17.1 Å². The number of pyridine rings is 1. The second-order valence-corrected chi connectivity index (χ2v) is 5.72. The first-order valence-corrected chi connectivity index (χ1v) is 6.51. The lowest BCUT2D eigenvalue weighted by Gasteiger charge is -2.20. The first-order valence-electron chi connectivity index (χ1n) is 6.51. The van der Waals surface area contributed by atoms with Crippen LogP contribution in [0.25, 0.3) is 11.3 Å². The topological polar surface area (TPSA) is 50.7 Å². The monoisotopic (exact) mass is 274 g/mol. The maximum Gasteiger partial charge on any atom is 0.150 e. The molecule has 0 fully saturated rings. The largest absolute Gasteiger partial charge is 0.373 e. The van der Waals surface area contributed by atoms with Gasteiger partial charge in [-0.3, -0.25) is 4.98 Å². The second kappa shape index (κ2) is 5.15. The molecule has 0 spiro atoms. The van der Waals surface area contributed by atoms with E-state index in [-0.39, 0.29) is 11.2 Å². The maximum absolute atomic E-state index is 14.0. The average molecular weight is 274 g/mol. The van der Waals surface area contributed by atoms with Gasteiger partial charge in [0.2, 0.25) is 0 Å². The van der Waals surface area contributed by atoms with Gasteiger partial charge in [0.15, 0.2) is 5.82 Å². The van der Waals surface area contributed by atoms with Gasteiger partial charge in [-0.1, -0.05) is 20.8 Å². The summed E-state index contributed by atoms with van der Waals surface area (Å²) >= 11 is 0. The van der Waals surface area contributed by atoms with E-state index in [2.05, 4.69) is 20.3 Å².